The van der Waals surface area contributed by atoms with Crippen molar-refractivity contribution in [3.8, 4) is 10.8 Å². The summed E-state index contributed by atoms with van der Waals surface area (Å²) < 4.78 is 5.69. The number of carbonyl (C=O) groups is 3. The molecule has 1 fully saturated rings. The number of benzene rings is 1. The number of hydrogen-bond acceptors (Lipinski definition) is 6. The zero-order chi connectivity index (χ0) is 17.4. The summed E-state index contributed by atoms with van der Waals surface area (Å²) in [6.07, 6.45) is 0.508. The molecule has 0 spiro atoms. The molecule has 2 aromatic heterocycles. The fraction of sp³-hybridized carbons (Fsp3) is 0.176. The third-order valence-electron chi connectivity index (χ3n) is 3.93. The van der Waals surface area contributed by atoms with Gasteiger partial charge in [-0.1, -0.05) is 6.07 Å². The van der Waals surface area contributed by atoms with Gasteiger partial charge in [-0.3, -0.25) is 19.7 Å². The molecule has 0 saturated carbocycles. The minimum atomic E-state index is -0.708. The van der Waals surface area contributed by atoms with Crippen LogP contribution in [0.5, 0.6) is 0 Å². The van der Waals surface area contributed by atoms with Gasteiger partial charge in [0, 0.05) is 12.0 Å². The number of oxazole rings is 1. The lowest BCUT2D eigenvalue weighted by Crippen LogP contribution is -2.52. The molecule has 1 aromatic carbocycles. The van der Waals surface area contributed by atoms with E-state index < -0.39 is 17.9 Å². The quantitative estimate of drug-likeness (QED) is 0.701. The first-order chi connectivity index (χ1) is 12.1. The van der Waals surface area contributed by atoms with E-state index in [0.717, 1.165) is 4.88 Å². The van der Waals surface area contributed by atoms with E-state index in [0.29, 0.717) is 29.0 Å². The van der Waals surface area contributed by atoms with Gasteiger partial charge in [0.1, 0.15) is 11.6 Å². The normalized spacial score (nSPS) is 17.5. The predicted molar refractivity (Wildman–Crippen MR) is 91.0 cm³/mol. The van der Waals surface area contributed by atoms with Crippen molar-refractivity contribution in [3.05, 3.63) is 41.3 Å². The molecule has 3 heterocycles. The highest BCUT2D eigenvalue weighted by molar-refractivity contribution is 7.13. The molecule has 1 aliphatic rings. The van der Waals surface area contributed by atoms with E-state index in [4.69, 9.17) is 4.42 Å². The Labute approximate surface area is 146 Å². The number of fused-ring (bicyclic) bond motifs is 1. The van der Waals surface area contributed by atoms with E-state index in [-0.39, 0.29) is 12.3 Å². The molecule has 3 amide bonds. The lowest BCUT2D eigenvalue weighted by molar-refractivity contribution is -0.134. The molecule has 0 radical (unpaired) electrons. The fourth-order valence-corrected chi connectivity index (χ4v) is 3.30. The molecule has 2 N–H and O–H groups in total. The van der Waals surface area contributed by atoms with Crippen LogP contribution in [0.3, 0.4) is 0 Å². The Balaban J connectivity index is 1.55. The molecule has 1 saturated heterocycles. The van der Waals surface area contributed by atoms with Crippen molar-refractivity contribution in [2.24, 2.45) is 0 Å². The van der Waals surface area contributed by atoms with Crippen LogP contribution in [0.4, 0.5) is 0 Å². The molecular formula is C17H13N3O4S. The maximum Gasteiger partial charge on any atom is 0.252 e. The first kappa shape index (κ1) is 15.5. The number of imide groups is 1. The summed E-state index contributed by atoms with van der Waals surface area (Å²) in [5.41, 5.74) is 1.53. The van der Waals surface area contributed by atoms with Gasteiger partial charge in [-0.15, -0.1) is 11.3 Å². The van der Waals surface area contributed by atoms with E-state index in [2.05, 4.69) is 15.6 Å². The van der Waals surface area contributed by atoms with Gasteiger partial charge in [-0.2, -0.15) is 0 Å². The smallest absolute Gasteiger partial charge is 0.252 e. The second-order valence-corrected chi connectivity index (χ2v) is 6.60. The third kappa shape index (κ3) is 3.03. The second-order valence-electron chi connectivity index (χ2n) is 5.66. The molecule has 1 atom stereocenters. The van der Waals surface area contributed by atoms with Crippen molar-refractivity contribution in [1.29, 1.82) is 0 Å². The van der Waals surface area contributed by atoms with Crippen LogP contribution in [-0.2, 0) is 9.59 Å². The number of aromatic nitrogens is 1. The second kappa shape index (κ2) is 6.14. The Morgan fingerprint density at radius 2 is 2.20 bits per heavy atom. The van der Waals surface area contributed by atoms with Crippen LogP contribution >= 0.6 is 11.3 Å². The van der Waals surface area contributed by atoms with Gasteiger partial charge in [0.2, 0.25) is 17.7 Å². The van der Waals surface area contributed by atoms with Crippen molar-refractivity contribution < 1.29 is 18.8 Å². The molecule has 1 aliphatic heterocycles. The van der Waals surface area contributed by atoms with Crippen LogP contribution in [0.2, 0.25) is 0 Å². The molecule has 8 heteroatoms. The van der Waals surface area contributed by atoms with Gasteiger partial charge in [-0.25, -0.2) is 4.98 Å². The highest BCUT2D eigenvalue weighted by atomic mass is 32.1. The monoisotopic (exact) mass is 355 g/mol. The van der Waals surface area contributed by atoms with Gasteiger partial charge in [0.25, 0.3) is 5.91 Å². The number of nitrogens with one attached hydrogen (secondary N) is 2. The predicted octanol–water partition coefficient (Wildman–Crippen LogP) is 2.09. The molecule has 4 rings (SSSR count). The summed E-state index contributed by atoms with van der Waals surface area (Å²) in [5, 5.41) is 6.79. The SMILES string of the molecule is O=C1CCC(NC(=O)c2ccc3oc(-c4cccs4)nc3c2)C(=O)N1. The van der Waals surface area contributed by atoms with Crippen LogP contribution in [-0.4, -0.2) is 28.7 Å². The van der Waals surface area contributed by atoms with Gasteiger partial charge in [0.15, 0.2) is 5.58 Å². The van der Waals surface area contributed by atoms with Crippen molar-refractivity contribution in [3.63, 3.8) is 0 Å². The van der Waals surface area contributed by atoms with Gasteiger partial charge in [-0.05, 0) is 36.1 Å². The maximum atomic E-state index is 12.4. The third-order valence-corrected chi connectivity index (χ3v) is 4.78. The lowest BCUT2D eigenvalue weighted by Gasteiger charge is -2.21. The average molecular weight is 355 g/mol. The van der Waals surface area contributed by atoms with E-state index in [1.807, 2.05) is 17.5 Å². The lowest BCUT2D eigenvalue weighted by atomic mass is 10.1. The number of amides is 3. The minimum absolute atomic E-state index is 0.211. The Bertz CT molecular complexity index is 977. The summed E-state index contributed by atoms with van der Waals surface area (Å²) in [6.45, 7) is 0. The van der Waals surface area contributed by atoms with Crippen molar-refractivity contribution in [2.45, 2.75) is 18.9 Å². The number of rotatable bonds is 3. The summed E-state index contributed by atoms with van der Waals surface area (Å²) in [4.78, 5) is 40.6. The maximum absolute atomic E-state index is 12.4. The van der Waals surface area contributed by atoms with E-state index in [9.17, 15) is 14.4 Å². The summed E-state index contributed by atoms with van der Waals surface area (Å²) in [7, 11) is 0. The zero-order valence-corrected chi connectivity index (χ0v) is 13.8. The number of carbonyl (C=O) groups excluding carboxylic acids is 3. The molecule has 25 heavy (non-hydrogen) atoms. The average Bonchev–Trinajstić information content (AvgIpc) is 3.25. The Hall–Kier alpha value is -3.00. The number of thiophene rings is 1. The molecule has 0 aliphatic carbocycles. The molecule has 1 unspecified atom stereocenters. The van der Waals surface area contributed by atoms with Crippen molar-refractivity contribution in [1.82, 2.24) is 15.6 Å². The van der Waals surface area contributed by atoms with Crippen LogP contribution in [0.25, 0.3) is 21.9 Å². The topological polar surface area (TPSA) is 101 Å². The van der Waals surface area contributed by atoms with Crippen molar-refractivity contribution >= 4 is 40.2 Å². The molecule has 7 nitrogen and oxygen atoms in total. The van der Waals surface area contributed by atoms with Crippen molar-refractivity contribution in [2.75, 3.05) is 0 Å². The first-order valence-electron chi connectivity index (χ1n) is 7.69. The highest BCUT2D eigenvalue weighted by Gasteiger charge is 2.28. The largest absolute Gasteiger partial charge is 0.435 e. The van der Waals surface area contributed by atoms with Gasteiger partial charge in [0.05, 0.1) is 4.88 Å². The molecule has 0 bridgehead atoms. The Kier molecular flexibility index (Phi) is 3.81. The molecular weight excluding hydrogens is 342 g/mol. The zero-order valence-electron chi connectivity index (χ0n) is 12.9. The number of hydrogen-bond donors (Lipinski definition) is 2. The summed E-state index contributed by atoms with van der Waals surface area (Å²) >= 11 is 1.52. The number of piperidine rings is 1. The Morgan fingerprint density at radius 1 is 1.32 bits per heavy atom. The summed E-state index contributed by atoms with van der Waals surface area (Å²) in [6, 6.07) is 8.03. The highest BCUT2D eigenvalue weighted by Crippen LogP contribution is 2.28. The van der Waals surface area contributed by atoms with Gasteiger partial charge < -0.3 is 9.73 Å². The van der Waals surface area contributed by atoms with Crippen LogP contribution in [0.1, 0.15) is 23.2 Å². The van der Waals surface area contributed by atoms with Crippen LogP contribution in [0.15, 0.2) is 40.1 Å². The van der Waals surface area contributed by atoms with E-state index >= 15 is 0 Å². The van der Waals surface area contributed by atoms with Crippen LogP contribution in [0, 0.1) is 0 Å². The van der Waals surface area contributed by atoms with Gasteiger partial charge >= 0.3 is 0 Å². The fourth-order valence-electron chi connectivity index (χ4n) is 2.65. The van der Waals surface area contributed by atoms with Crippen LogP contribution < -0.4 is 10.6 Å². The molecule has 126 valence electrons. The Morgan fingerprint density at radius 3 is 2.96 bits per heavy atom. The summed E-state index contributed by atoms with van der Waals surface area (Å²) in [5.74, 6) is -0.683. The number of nitrogens with zero attached hydrogens (tertiary/aromatic N) is 1. The minimum Gasteiger partial charge on any atom is -0.435 e. The first-order valence-corrected chi connectivity index (χ1v) is 8.57. The van der Waals surface area contributed by atoms with E-state index in [1.165, 1.54) is 11.3 Å². The van der Waals surface area contributed by atoms with E-state index in [1.54, 1.807) is 18.2 Å². The molecule has 3 aromatic rings. The standard InChI is InChI=1S/C17H13N3O4S/c21-14-6-4-10(16(23)20-14)18-15(22)9-3-5-12-11(8-9)19-17(24-12)13-2-1-7-25-13/h1-3,5,7-8,10H,4,6H2,(H,18,22)(H,20,21,23).